The highest BCUT2D eigenvalue weighted by Crippen LogP contribution is 2.19. The maximum Gasteiger partial charge on any atom is 0.227 e. The summed E-state index contributed by atoms with van der Waals surface area (Å²) in [6, 6.07) is 2.55. The SMILES string of the molecule is Cc1cc(CNC(C)C)cnc1SCC(N)=O. The number of nitrogens with one attached hydrogen (secondary N) is 1. The number of thioether (sulfide) groups is 1. The fourth-order valence-electron chi connectivity index (χ4n) is 1.33. The van der Waals surface area contributed by atoms with Crippen LogP contribution >= 0.6 is 11.8 Å². The Hall–Kier alpha value is -1.07. The van der Waals surface area contributed by atoms with Crippen LogP contribution in [0.3, 0.4) is 0 Å². The number of nitrogens with two attached hydrogens (primary N) is 1. The molecule has 0 aromatic carbocycles. The van der Waals surface area contributed by atoms with Crippen LogP contribution < -0.4 is 11.1 Å². The number of amides is 1. The fraction of sp³-hybridized carbons (Fsp3) is 0.500. The van der Waals surface area contributed by atoms with Crippen molar-refractivity contribution in [2.24, 2.45) is 5.73 Å². The van der Waals surface area contributed by atoms with Crippen LogP contribution in [0, 0.1) is 6.92 Å². The molecule has 0 aliphatic heterocycles. The molecule has 0 unspecified atom stereocenters. The summed E-state index contributed by atoms with van der Waals surface area (Å²) < 4.78 is 0. The molecule has 0 aliphatic rings. The molecule has 0 fully saturated rings. The third-order valence-electron chi connectivity index (χ3n) is 2.15. The summed E-state index contributed by atoms with van der Waals surface area (Å²) in [5.74, 6) is -0.0426. The number of carbonyl (C=O) groups is 1. The van der Waals surface area contributed by atoms with Gasteiger partial charge in [-0.05, 0) is 18.1 Å². The Kier molecular flexibility index (Phi) is 5.44. The van der Waals surface area contributed by atoms with Crippen molar-refractivity contribution in [3.8, 4) is 0 Å². The smallest absolute Gasteiger partial charge is 0.227 e. The van der Waals surface area contributed by atoms with Gasteiger partial charge in [0, 0.05) is 18.8 Å². The van der Waals surface area contributed by atoms with E-state index in [-0.39, 0.29) is 11.7 Å². The van der Waals surface area contributed by atoms with Gasteiger partial charge in [-0.1, -0.05) is 31.7 Å². The van der Waals surface area contributed by atoms with Crippen LogP contribution in [0.25, 0.3) is 0 Å². The molecule has 0 atom stereocenters. The number of hydrogen-bond donors (Lipinski definition) is 2. The van der Waals surface area contributed by atoms with E-state index < -0.39 is 0 Å². The molecular formula is C12H19N3OS. The molecule has 0 radical (unpaired) electrons. The molecule has 1 rings (SSSR count). The van der Waals surface area contributed by atoms with E-state index in [4.69, 9.17) is 5.73 Å². The zero-order valence-electron chi connectivity index (χ0n) is 10.5. The minimum Gasteiger partial charge on any atom is -0.369 e. The predicted molar refractivity (Wildman–Crippen MR) is 70.9 cm³/mol. The number of nitrogens with zero attached hydrogens (tertiary/aromatic N) is 1. The Labute approximate surface area is 106 Å². The molecule has 94 valence electrons. The normalized spacial score (nSPS) is 10.8. The average Bonchev–Trinajstić information content (AvgIpc) is 2.24. The van der Waals surface area contributed by atoms with E-state index in [0.717, 1.165) is 22.7 Å². The topological polar surface area (TPSA) is 68.0 Å². The van der Waals surface area contributed by atoms with Gasteiger partial charge in [0.05, 0.1) is 10.8 Å². The van der Waals surface area contributed by atoms with Gasteiger partial charge in [-0.2, -0.15) is 0 Å². The van der Waals surface area contributed by atoms with Gasteiger partial charge in [-0.25, -0.2) is 4.98 Å². The van der Waals surface area contributed by atoms with Gasteiger partial charge in [-0.3, -0.25) is 4.79 Å². The summed E-state index contributed by atoms with van der Waals surface area (Å²) in [5.41, 5.74) is 7.34. The first-order valence-electron chi connectivity index (χ1n) is 5.59. The Balaban J connectivity index is 2.62. The summed E-state index contributed by atoms with van der Waals surface area (Å²) in [7, 11) is 0. The van der Waals surface area contributed by atoms with E-state index >= 15 is 0 Å². The zero-order valence-corrected chi connectivity index (χ0v) is 11.3. The van der Waals surface area contributed by atoms with Crippen molar-refractivity contribution in [1.29, 1.82) is 0 Å². The summed E-state index contributed by atoms with van der Waals surface area (Å²) in [6.07, 6.45) is 1.84. The molecule has 1 heterocycles. The third kappa shape index (κ3) is 5.19. The van der Waals surface area contributed by atoms with Crippen molar-refractivity contribution in [2.45, 2.75) is 38.4 Å². The van der Waals surface area contributed by atoms with Crippen LogP contribution in [0.4, 0.5) is 0 Å². The van der Waals surface area contributed by atoms with Crippen molar-refractivity contribution in [2.75, 3.05) is 5.75 Å². The third-order valence-corrected chi connectivity index (χ3v) is 3.28. The molecule has 5 heteroatoms. The molecule has 1 aromatic heterocycles. The largest absolute Gasteiger partial charge is 0.369 e. The molecule has 3 N–H and O–H groups in total. The van der Waals surface area contributed by atoms with Crippen LogP contribution in [0.15, 0.2) is 17.3 Å². The Morgan fingerprint density at radius 1 is 1.59 bits per heavy atom. The van der Waals surface area contributed by atoms with E-state index in [9.17, 15) is 4.79 Å². The van der Waals surface area contributed by atoms with E-state index in [1.54, 1.807) is 0 Å². The van der Waals surface area contributed by atoms with Gasteiger partial charge >= 0.3 is 0 Å². The number of pyridine rings is 1. The monoisotopic (exact) mass is 253 g/mol. The van der Waals surface area contributed by atoms with Gasteiger partial charge in [-0.15, -0.1) is 0 Å². The maximum atomic E-state index is 10.7. The zero-order chi connectivity index (χ0) is 12.8. The number of primary amides is 1. The summed E-state index contributed by atoms with van der Waals surface area (Å²) in [4.78, 5) is 15.0. The number of hydrogen-bond acceptors (Lipinski definition) is 4. The standard InChI is InChI=1S/C12H19N3OS/c1-8(2)14-5-10-4-9(3)12(15-6-10)17-7-11(13)16/h4,6,8,14H,5,7H2,1-3H3,(H2,13,16). The second kappa shape index (κ2) is 6.61. The molecule has 1 amide bonds. The number of carbonyl (C=O) groups excluding carboxylic acids is 1. The lowest BCUT2D eigenvalue weighted by Crippen LogP contribution is -2.22. The minimum absolute atomic E-state index is 0.275. The highest BCUT2D eigenvalue weighted by atomic mass is 32.2. The second-order valence-corrected chi connectivity index (χ2v) is 5.22. The lowest BCUT2D eigenvalue weighted by Gasteiger charge is -2.10. The first-order chi connectivity index (χ1) is 7.99. The quantitative estimate of drug-likeness (QED) is 0.753. The fourth-order valence-corrected chi connectivity index (χ4v) is 2.02. The highest BCUT2D eigenvalue weighted by Gasteiger charge is 2.05. The molecule has 0 saturated heterocycles. The Morgan fingerprint density at radius 3 is 2.82 bits per heavy atom. The summed E-state index contributed by atoms with van der Waals surface area (Å²) in [6.45, 7) is 7.02. The molecule has 0 bridgehead atoms. The summed E-state index contributed by atoms with van der Waals surface area (Å²) >= 11 is 1.38. The van der Waals surface area contributed by atoms with Crippen LogP contribution in [-0.2, 0) is 11.3 Å². The van der Waals surface area contributed by atoms with E-state index in [2.05, 4.69) is 30.2 Å². The van der Waals surface area contributed by atoms with E-state index in [1.807, 2.05) is 13.1 Å². The van der Waals surface area contributed by atoms with Crippen molar-refractivity contribution in [3.63, 3.8) is 0 Å². The van der Waals surface area contributed by atoms with E-state index in [1.165, 1.54) is 11.8 Å². The van der Waals surface area contributed by atoms with Gasteiger partial charge in [0.25, 0.3) is 0 Å². The van der Waals surface area contributed by atoms with Crippen LogP contribution in [-0.4, -0.2) is 22.7 Å². The molecule has 17 heavy (non-hydrogen) atoms. The lowest BCUT2D eigenvalue weighted by atomic mass is 10.2. The van der Waals surface area contributed by atoms with Crippen molar-refractivity contribution < 1.29 is 4.79 Å². The molecular weight excluding hydrogens is 234 g/mol. The number of aromatic nitrogens is 1. The van der Waals surface area contributed by atoms with Crippen LogP contribution in [0.1, 0.15) is 25.0 Å². The number of aryl methyl sites for hydroxylation is 1. The lowest BCUT2D eigenvalue weighted by molar-refractivity contribution is -0.115. The predicted octanol–water partition coefficient (Wildman–Crippen LogP) is 1.47. The first kappa shape index (κ1) is 14.0. The Bertz CT molecular complexity index is 393. The van der Waals surface area contributed by atoms with Crippen LogP contribution in [0.2, 0.25) is 0 Å². The van der Waals surface area contributed by atoms with Gasteiger partial charge < -0.3 is 11.1 Å². The second-order valence-electron chi connectivity index (χ2n) is 4.26. The maximum absolute atomic E-state index is 10.7. The van der Waals surface area contributed by atoms with Crippen molar-refractivity contribution in [3.05, 3.63) is 23.4 Å². The molecule has 0 spiro atoms. The Morgan fingerprint density at radius 2 is 2.29 bits per heavy atom. The molecule has 0 saturated carbocycles. The minimum atomic E-state index is -0.318. The van der Waals surface area contributed by atoms with Gasteiger partial charge in [0.15, 0.2) is 0 Å². The van der Waals surface area contributed by atoms with Crippen molar-refractivity contribution in [1.82, 2.24) is 10.3 Å². The molecule has 4 nitrogen and oxygen atoms in total. The van der Waals surface area contributed by atoms with Crippen LogP contribution in [0.5, 0.6) is 0 Å². The number of rotatable bonds is 6. The molecule has 0 aliphatic carbocycles. The van der Waals surface area contributed by atoms with E-state index in [0.29, 0.717) is 6.04 Å². The van der Waals surface area contributed by atoms with Gasteiger partial charge in [0.2, 0.25) is 5.91 Å². The first-order valence-corrected chi connectivity index (χ1v) is 6.57. The van der Waals surface area contributed by atoms with Crippen molar-refractivity contribution >= 4 is 17.7 Å². The average molecular weight is 253 g/mol. The molecule has 1 aromatic rings. The summed E-state index contributed by atoms with van der Waals surface area (Å²) in [5, 5.41) is 4.21. The van der Waals surface area contributed by atoms with Gasteiger partial charge in [0.1, 0.15) is 0 Å². The highest BCUT2D eigenvalue weighted by molar-refractivity contribution is 7.99.